The molecule has 5 rings (SSSR count). The Hall–Kier alpha value is -2.13. The van der Waals surface area contributed by atoms with Crippen LogP contribution in [0.3, 0.4) is 0 Å². The molecule has 3 aromatic rings. The number of carbonyl (C=O) groups is 1. The fraction of sp³-hybridized carbons (Fsp3) is 0.440. The third-order valence-electron chi connectivity index (χ3n) is 7.10. The highest BCUT2D eigenvalue weighted by atomic mass is 127. The summed E-state index contributed by atoms with van der Waals surface area (Å²) < 4.78 is 7.79. The first kappa shape index (κ1) is 21.7. The number of likely N-dealkylation sites (N-methyl/N-ethyl adjacent to an activating group) is 1. The van der Waals surface area contributed by atoms with Crippen LogP contribution in [0.4, 0.5) is 0 Å². The van der Waals surface area contributed by atoms with Gasteiger partial charge in [-0.1, -0.05) is 34.7 Å². The van der Waals surface area contributed by atoms with E-state index in [0.29, 0.717) is 16.1 Å². The molecule has 7 heteroatoms. The summed E-state index contributed by atoms with van der Waals surface area (Å²) >= 11 is 2.62. The lowest BCUT2D eigenvalue weighted by molar-refractivity contribution is 0.0714. The highest BCUT2D eigenvalue weighted by Crippen LogP contribution is 2.45. The van der Waals surface area contributed by atoms with E-state index in [1.54, 1.807) is 7.11 Å². The summed E-state index contributed by atoms with van der Waals surface area (Å²) in [6.07, 6.45) is 6.79. The highest BCUT2D eigenvalue weighted by molar-refractivity contribution is 14.1. The number of aromatic nitrogens is 2. The third kappa shape index (κ3) is 4.01. The van der Waals surface area contributed by atoms with Crippen molar-refractivity contribution >= 4 is 39.5 Å². The molecule has 1 aliphatic carbocycles. The average molecular weight is 544 g/mol. The Morgan fingerprint density at radius 2 is 2.03 bits per heavy atom. The van der Waals surface area contributed by atoms with E-state index < -0.39 is 0 Å². The zero-order valence-electron chi connectivity index (χ0n) is 18.6. The summed E-state index contributed by atoms with van der Waals surface area (Å²) in [7, 11) is 3.63. The van der Waals surface area contributed by atoms with Gasteiger partial charge in [-0.3, -0.25) is 9.69 Å². The van der Waals surface area contributed by atoms with Gasteiger partial charge in [-0.2, -0.15) is 0 Å². The number of benzene rings is 2. The van der Waals surface area contributed by atoms with Crippen LogP contribution in [-0.2, 0) is 6.54 Å². The molecular formula is C25H29IN4O2. The van der Waals surface area contributed by atoms with Crippen molar-refractivity contribution in [1.82, 2.24) is 19.4 Å². The van der Waals surface area contributed by atoms with Gasteiger partial charge in [0.25, 0.3) is 5.91 Å². The van der Waals surface area contributed by atoms with Gasteiger partial charge in [-0.25, -0.2) is 4.98 Å². The van der Waals surface area contributed by atoms with Crippen LogP contribution < -0.4 is 4.74 Å². The lowest BCUT2D eigenvalue weighted by Crippen LogP contribution is -2.49. The fourth-order valence-corrected chi connectivity index (χ4v) is 6.02. The molecule has 1 saturated carbocycles. The molecule has 2 aliphatic rings. The molecule has 0 spiro atoms. The summed E-state index contributed by atoms with van der Waals surface area (Å²) in [4.78, 5) is 22.1. The Kier molecular flexibility index (Phi) is 5.88. The van der Waals surface area contributed by atoms with E-state index in [0.717, 1.165) is 47.4 Å². The maximum absolute atomic E-state index is 13.1. The van der Waals surface area contributed by atoms with Crippen molar-refractivity contribution in [3.63, 3.8) is 0 Å². The Balaban J connectivity index is 1.25. The summed E-state index contributed by atoms with van der Waals surface area (Å²) in [5.41, 5.74) is 3.87. The lowest BCUT2D eigenvalue weighted by atomic mass is 9.92. The van der Waals surface area contributed by atoms with Crippen molar-refractivity contribution in [2.24, 2.45) is 0 Å². The minimum atomic E-state index is 0.109. The van der Waals surface area contributed by atoms with Crippen LogP contribution in [-0.4, -0.2) is 62.1 Å². The molecule has 2 aromatic carbocycles. The second kappa shape index (κ2) is 8.67. The predicted octanol–water partition coefficient (Wildman–Crippen LogP) is 4.55. The van der Waals surface area contributed by atoms with Crippen LogP contribution in [0.5, 0.6) is 5.75 Å². The number of halogens is 1. The van der Waals surface area contributed by atoms with E-state index in [-0.39, 0.29) is 5.91 Å². The molecule has 1 saturated heterocycles. The molecule has 0 radical (unpaired) electrons. The zero-order chi connectivity index (χ0) is 22.3. The molecule has 2 fully saturated rings. The SMILES string of the molecule is COc1ccc2ncn(Cc3ccc(C(=O)N(C)C4CCN(C5(I)CCC5)C4)cc3)c2c1. The molecule has 168 valence electrons. The van der Waals surface area contributed by atoms with E-state index in [1.807, 2.05) is 60.7 Å². The Morgan fingerprint density at radius 3 is 2.72 bits per heavy atom. The number of carbonyl (C=O) groups excluding carboxylic acids is 1. The second-order valence-electron chi connectivity index (χ2n) is 9.00. The molecule has 1 atom stereocenters. The topological polar surface area (TPSA) is 50.6 Å². The van der Waals surface area contributed by atoms with E-state index in [4.69, 9.17) is 4.74 Å². The molecular weight excluding hydrogens is 515 g/mol. The number of rotatable bonds is 6. The molecule has 0 N–H and O–H groups in total. The number of alkyl halides is 1. The standard InChI is InChI=1S/C25H29IN4O2/c1-28(20-10-13-30(16-20)25(26)11-3-12-25)24(31)19-6-4-18(5-7-19)15-29-17-27-22-9-8-21(32-2)14-23(22)29/h4-9,14,17,20H,3,10-13,15-16H2,1-2H3. The van der Waals surface area contributed by atoms with Crippen LogP contribution in [0, 0.1) is 0 Å². The molecule has 32 heavy (non-hydrogen) atoms. The first-order valence-corrected chi connectivity index (χ1v) is 12.3. The summed E-state index contributed by atoms with van der Waals surface area (Å²) in [5.74, 6) is 0.928. The van der Waals surface area contributed by atoms with Crippen LogP contribution in [0.1, 0.15) is 41.6 Å². The smallest absolute Gasteiger partial charge is 0.253 e. The Bertz CT molecular complexity index is 1120. The van der Waals surface area contributed by atoms with Crippen molar-refractivity contribution in [3.05, 3.63) is 59.9 Å². The molecule has 1 amide bonds. The predicted molar refractivity (Wildman–Crippen MR) is 135 cm³/mol. The third-order valence-corrected chi connectivity index (χ3v) is 8.86. The van der Waals surface area contributed by atoms with Gasteiger partial charge >= 0.3 is 0 Å². The van der Waals surface area contributed by atoms with Gasteiger partial charge in [0.15, 0.2) is 0 Å². The van der Waals surface area contributed by atoms with E-state index in [9.17, 15) is 4.79 Å². The van der Waals surface area contributed by atoms with Gasteiger partial charge in [-0.15, -0.1) is 0 Å². The molecule has 1 unspecified atom stereocenters. The summed E-state index contributed by atoms with van der Waals surface area (Å²) in [6, 6.07) is 14.2. The van der Waals surface area contributed by atoms with E-state index >= 15 is 0 Å². The number of amides is 1. The van der Waals surface area contributed by atoms with Crippen LogP contribution in [0.15, 0.2) is 48.8 Å². The van der Waals surface area contributed by atoms with Gasteiger partial charge in [0.05, 0.1) is 28.0 Å². The van der Waals surface area contributed by atoms with Crippen molar-refractivity contribution in [3.8, 4) is 5.75 Å². The van der Waals surface area contributed by atoms with Crippen molar-refractivity contribution in [2.75, 3.05) is 27.2 Å². The number of hydrogen-bond donors (Lipinski definition) is 0. The summed E-state index contributed by atoms with van der Waals surface area (Å²) in [5, 5.41) is 0. The molecule has 6 nitrogen and oxygen atoms in total. The Labute approximate surface area is 202 Å². The monoisotopic (exact) mass is 544 g/mol. The van der Waals surface area contributed by atoms with Gasteiger partial charge in [0, 0.05) is 44.4 Å². The quantitative estimate of drug-likeness (QED) is 0.260. The largest absolute Gasteiger partial charge is 0.497 e. The minimum absolute atomic E-state index is 0.109. The van der Waals surface area contributed by atoms with Crippen LogP contribution >= 0.6 is 22.6 Å². The van der Waals surface area contributed by atoms with Gasteiger partial charge < -0.3 is 14.2 Å². The zero-order valence-corrected chi connectivity index (χ0v) is 20.8. The Morgan fingerprint density at radius 1 is 1.25 bits per heavy atom. The second-order valence-corrected chi connectivity index (χ2v) is 11.0. The van der Waals surface area contributed by atoms with Crippen LogP contribution in [0.25, 0.3) is 11.0 Å². The number of nitrogens with zero attached hydrogens (tertiary/aromatic N) is 4. The summed E-state index contributed by atoms with van der Waals surface area (Å²) in [6.45, 7) is 2.78. The van der Waals surface area contributed by atoms with E-state index in [1.165, 1.54) is 19.3 Å². The van der Waals surface area contributed by atoms with Gasteiger partial charge in [-0.05, 0) is 55.5 Å². The molecule has 1 aliphatic heterocycles. The highest BCUT2D eigenvalue weighted by Gasteiger charge is 2.44. The van der Waals surface area contributed by atoms with E-state index in [2.05, 4.69) is 37.0 Å². The molecule has 0 bridgehead atoms. The van der Waals surface area contributed by atoms with Gasteiger partial charge in [0.1, 0.15) is 5.75 Å². The maximum atomic E-state index is 13.1. The minimum Gasteiger partial charge on any atom is -0.497 e. The fourth-order valence-electron chi connectivity index (χ4n) is 4.82. The van der Waals surface area contributed by atoms with Crippen molar-refractivity contribution in [2.45, 2.75) is 41.8 Å². The number of likely N-dealkylation sites (tertiary alicyclic amines) is 1. The van der Waals surface area contributed by atoms with Crippen molar-refractivity contribution in [1.29, 1.82) is 0 Å². The molecule has 2 heterocycles. The molecule has 1 aromatic heterocycles. The maximum Gasteiger partial charge on any atom is 0.253 e. The number of fused-ring (bicyclic) bond motifs is 1. The van der Waals surface area contributed by atoms with Crippen molar-refractivity contribution < 1.29 is 9.53 Å². The number of ether oxygens (including phenoxy) is 1. The lowest BCUT2D eigenvalue weighted by Gasteiger charge is -2.44. The number of hydrogen-bond acceptors (Lipinski definition) is 4. The van der Waals surface area contributed by atoms with Crippen LogP contribution in [0.2, 0.25) is 0 Å². The number of methoxy groups -OCH3 is 1. The van der Waals surface area contributed by atoms with Gasteiger partial charge in [0.2, 0.25) is 0 Å². The first-order valence-electron chi connectivity index (χ1n) is 11.3. The normalized spacial score (nSPS) is 20.3. The first-order chi connectivity index (χ1) is 15.5. The average Bonchev–Trinajstić information content (AvgIpc) is 3.45. The number of imidazole rings is 1.